The number of benzene rings is 3. The van der Waals surface area contributed by atoms with Gasteiger partial charge in [-0.3, -0.25) is 10.1 Å². The normalized spacial score (nSPS) is 11.2. The van der Waals surface area contributed by atoms with Crippen molar-refractivity contribution in [3.8, 4) is 22.6 Å². The number of methoxy groups -OCH3 is 2. The smallest absolute Gasteiger partial charge is 0.321 e. The van der Waals surface area contributed by atoms with Crippen LogP contribution in [0.4, 0.5) is 10.5 Å². The fourth-order valence-electron chi connectivity index (χ4n) is 3.15. The molecule has 3 aromatic carbocycles. The quantitative estimate of drug-likeness (QED) is 0.539. The van der Waals surface area contributed by atoms with E-state index in [-0.39, 0.29) is 0 Å². The van der Waals surface area contributed by atoms with Gasteiger partial charge >= 0.3 is 6.03 Å². The Morgan fingerprint density at radius 1 is 0.871 bits per heavy atom. The zero-order chi connectivity index (χ0) is 22.2. The SMILES string of the molecule is CNC(=O)NC(=O)[C@H](Nc1ccc(OC)c(-c2ccc(OC)cc2)c1)c1ccccc1. The van der Waals surface area contributed by atoms with E-state index in [2.05, 4.69) is 16.0 Å². The molecule has 0 spiro atoms. The second kappa shape index (κ2) is 10.2. The molecular formula is C24H25N3O4. The van der Waals surface area contributed by atoms with Crippen LogP contribution in [-0.4, -0.2) is 33.2 Å². The van der Waals surface area contributed by atoms with Gasteiger partial charge in [-0.1, -0.05) is 42.5 Å². The molecule has 0 aliphatic rings. The summed E-state index contributed by atoms with van der Waals surface area (Å²) in [5.74, 6) is 0.987. The van der Waals surface area contributed by atoms with E-state index in [1.54, 1.807) is 14.2 Å². The van der Waals surface area contributed by atoms with Crippen LogP contribution in [0.25, 0.3) is 11.1 Å². The molecule has 0 bridgehead atoms. The Bertz CT molecular complexity index is 1040. The molecule has 0 aliphatic carbocycles. The molecular weight excluding hydrogens is 394 g/mol. The van der Waals surface area contributed by atoms with Crippen molar-refractivity contribution in [3.05, 3.63) is 78.4 Å². The monoisotopic (exact) mass is 419 g/mol. The summed E-state index contributed by atoms with van der Waals surface area (Å²) in [5.41, 5.74) is 3.22. The highest BCUT2D eigenvalue weighted by Gasteiger charge is 2.22. The molecule has 3 amide bonds. The van der Waals surface area contributed by atoms with Gasteiger partial charge in [0.15, 0.2) is 0 Å². The number of urea groups is 1. The van der Waals surface area contributed by atoms with Crippen LogP contribution in [0.5, 0.6) is 11.5 Å². The van der Waals surface area contributed by atoms with E-state index >= 15 is 0 Å². The number of nitrogens with one attached hydrogen (secondary N) is 3. The molecule has 0 heterocycles. The Hall–Kier alpha value is -4.00. The standard InChI is InChI=1S/C24H25N3O4/c1-25-24(29)27-23(28)22(17-7-5-4-6-8-17)26-18-11-14-21(31-3)20(15-18)16-9-12-19(30-2)13-10-16/h4-15,22,26H,1-3H3,(H2,25,27,28,29)/t22-/m1/s1. The highest BCUT2D eigenvalue weighted by Crippen LogP contribution is 2.34. The number of carbonyl (C=O) groups is 2. The minimum Gasteiger partial charge on any atom is -0.497 e. The van der Waals surface area contributed by atoms with Gasteiger partial charge in [0, 0.05) is 18.3 Å². The van der Waals surface area contributed by atoms with Crippen LogP contribution in [0.2, 0.25) is 0 Å². The van der Waals surface area contributed by atoms with Gasteiger partial charge in [0.25, 0.3) is 5.91 Å². The van der Waals surface area contributed by atoms with Gasteiger partial charge in [0.1, 0.15) is 17.5 Å². The van der Waals surface area contributed by atoms with Gasteiger partial charge in [0.05, 0.1) is 14.2 Å². The molecule has 7 nitrogen and oxygen atoms in total. The topological polar surface area (TPSA) is 88.7 Å². The van der Waals surface area contributed by atoms with Crippen molar-refractivity contribution in [2.75, 3.05) is 26.6 Å². The summed E-state index contributed by atoms with van der Waals surface area (Å²) >= 11 is 0. The third-order valence-electron chi connectivity index (χ3n) is 4.77. The number of hydrogen-bond acceptors (Lipinski definition) is 5. The molecule has 7 heteroatoms. The number of carbonyl (C=O) groups excluding carboxylic acids is 2. The van der Waals surface area contributed by atoms with E-state index in [0.717, 1.165) is 22.4 Å². The molecule has 0 fully saturated rings. The van der Waals surface area contributed by atoms with Crippen LogP contribution >= 0.6 is 0 Å². The molecule has 3 N–H and O–H groups in total. The first kappa shape index (κ1) is 21.7. The summed E-state index contributed by atoms with van der Waals surface area (Å²) in [6.45, 7) is 0. The Morgan fingerprint density at radius 2 is 1.58 bits per heavy atom. The summed E-state index contributed by atoms with van der Waals surface area (Å²) in [4.78, 5) is 24.5. The van der Waals surface area contributed by atoms with Crippen LogP contribution in [0.1, 0.15) is 11.6 Å². The molecule has 0 aliphatic heterocycles. The molecule has 0 saturated heterocycles. The van der Waals surface area contributed by atoms with Crippen molar-refractivity contribution in [2.24, 2.45) is 0 Å². The van der Waals surface area contributed by atoms with E-state index in [4.69, 9.17) is 9.47 Å². The van der Waals surface area contributed by atoms with E-state index < -0.39 is 18.0 Å². The lowest BCUT2D eigenvalue weighted by atomic mass is 10.0. The maximum absolute atomic E-state index is 12.8. The highest BCUT2D eigenvalue weighted by molar-refractivity contribution is 5.98. The lowest BCUT2D eigenvalue weighted by Crippen LogP contribution is -2.42. The summed E-state index contributed by atoms with van der Waals surface area (Å²) in [5, 5.41) is 7.97. The van der Waals surface area contributed by atoms with Gasteiger partial charge in [-0.25, -0.2) is 4.79 Å². The fourth-order valence-corrected chi connectivity index (χ4v) is 3.15. The zero-order valence-electron chi connectivity index (χ0n) is 17.6. The summed E-state index contributed by atoms with van der Waals surface area (Å²) in [6.07, 6.45) is 0. The summed E-state index contributed by atoms with van der Waals surface area (Å²) < 4.78 is 10.8. The van der Waals surface area contributed by atoms with Gasteiger partial charge < -0.3 is 20.1 Å². The summed E-state index contributed by atoms with van der Waals surface area (Å²) in [6, 6.07) is 21.1. The van der Waals surface area contributed by atoms with E-state index in [1.807, 2.05) is 72.8 Å². The molecule has 0 radical (unpaired) electrons. The molecule has 0 unspecified atom stereocenters. The number of hydrogen-bond donors (Lipinski definition) is 3. The van der Waals surface area contributed by atoms with Crippen LogP contribution in [0, 0.1) is 0 Å². The number of anilines is 1. The third kappa shape index (κ3) is 5.33. The van der Waals surface area contributed by atoms with E-state index in [0.29, 0.717) is 11.4 Å². The van der Waals surface area contributed by atoms with Gasteiger partial charge in [-0.15, -0.1) is 0 Å². The second-order valence-electron chi connectivity index (χ2n) is 6.70. The van der Waals surface area contributed by atoms with Gasteiger partial charge in [-0.2, -0.15) is 0 Å². The lowest BCUT2D eigenvalue weighted by molar-refractivity contribution is -0.120. The Labute approximate surface area is 181 Å². The largest absolute Gasteiger partial charge is 0.497 e. The van der Waals surface area contributed by atoms with Crippen LogP contribution < -0.4 is 25.4 Å². The highest BCUT2D eigenvalue weighted by atomic mass is 16.5. The van der Waals surface area contributed by atoms with Crippen LogP contribution in [0.3, 0.4) is 0 Å². The number of amides is 3. The molecule has 3 aromatic rings. The average molecular weight is 419 g/mol. The summed E-state index contributed by atoms with van der Waals surface area (Å²) in [7, 11) is 4.69. The Morgan fingerprint density at radius 3 is 2.19 bits per heavy atom. The van der Waals surface area contributed by atoms with Gasteiger partial charge in [-0.05, 0) is 41.5 Å². The van der Waals surface area contributed by atoms with Crippen LogP contribution in [0.15, 0.2) is 72.8 Å². The first-order chi connectivity index (χ1) is 15.0. The maximum Gasteiger partial charge on any atom is 0.321 e. The van der Waals surface area contributed by atoms with Crippen molar-refractivity contribution in [2.45, 2.75) is 6.04 Å². The van der Waals surface area contributed by atoms with Crippen molar-refractivity contribution < 1.29 is 19.1 Å². The first-order valence-corrected chi connectivity index (χ1v) is 9.72. The Kier molecular flexibility index (Phi) is 7.11. The molecule has 0 saturated carbocycles. The lowest BCUT2D eigenvalue weighted by Gasteiger charge is -2.20. The minimum atomic E-state index is -0.768. The van der Waals surface area contributed by atoms with Crippen molar-refractivity contribution in [1.29, 1.82) is 0 Å². The maximum atomic E-state index is 12.8. The average Bonchev–Trinajstić information content (AvgIpc) is 2.82. The molecule has 31 heavy (non-hydrogen) atoms. The fraction of sp³-hybridized carbons (Fsp3) is 0.167. The van der Waals surface area contributed by atoms with Crippen LogP contribution in [-0.2, 0) is 4.79 Å². The molecule has 3 rings (SSSR count). The predicted molar refractivity (Wildman–Crippen MR) is 120 cm³/mol. The molecule has 0 aromatic heterocycles. The number of rotatable bonds is 7. The number of ether oxygens (including phenoxy) is 2. The Balaban J connectivity index is 1.95. The molecule has 160 valence electrons. The van der Waals surface area contributed by atoms with E-state index in [1.165, 1.54) is 7.05 Å². The minimum absolute atomic E-state index is 0.465. The van der Waals surface area contributed by atoms with E-state index in [9.17, 15) is 9.59 Å². The third-order valence-corrected chi connectivity index (χ3v) is 4.77. The van der Waals surface area contributed by atoms with Crippen molar-refractivity contribution >= 4 is 17.6 Å². The first-order valence-electron chi connectivity index (χ1n) is 9.72. The van der Waals surface area contributed by atoms with Gasteiger partial charge in [0.2, 0.25) is 0 Å². The molecule has 1 atom stereocenters. The predicted octanol–water partition coefficient (Wildman–Crippen LogP) is 3.98. The zero-order valence-corrected chi connectivity index (χ0v) is 17.6. The number of imide groups is 1. The van der Waals surface area contributed by atoms with Crippen molar-refractivity contribution in [1.82, 2.24) is 10.6 Å². The van der Waals surface area contributed by atoms with Crippen molar-refractivity contribution in [3.63, 3.8) is 0 Å². The second-order valence-corrected chi connectivity index (χ2v) is 6.70.